The van der Waals surface area contributed by atoms with Crippen LogP contribution in [0.25, 0.3) is 0 Å². The standard InChI is InChI=1S/C14H21ClN2O2/c1-9(2)7-12(16)14(18)17-8-10-11(15)5-4-6-13(10)19-3/h4-6,9,12H,7-8,16H2,1-3H3,(H,17,18)/t12-/m1/s1. The summed E-state index contributed by atoms with van der Waals surface area (Å²) in [4.78, 5) is 11.8. The average Bonchev–Trinajstić information content (AvgIpc) is 2.35. The number of carbonyl (C=O) groups excluding carboxylic acids is 1. The van der Waals surface area contributed by atoms with Gasteiger partial charge in [0.1, 0.15) is 5.75 Å². The number of hydrogen-bond acceptors (Lipinski definition) is 3. The maximum Gasteiger partial charge on any atom is 0.237 e. The van der Waals surface area contributed by atoms with Crippen molar-refractivity contribution in [3.63, 3.8) is 0 Å². The maximum absolute atomic E-state index is 11.8. The summed E-state index contributed by atoms with van der Waals surface area (Å²) in [6.07, 6.45) is 0.658. The van der Waals surface area contributed by atoms with Crippen molar-refractivity contribution in [1.29, 1.82) is 0 Å². The van der Waals surface area contributed by atoms with Gasteiger partial charge >= 0.3 is 0 Å². The quantitative estimate of drug-likeness (QED) is 0.843. The summed E-state index contributed by atoms with van der Waals surface area (Å²) in [7, 11) is 1.57. The highest BCUT2D eigenvalue weighted by molar-refractivity contribution is 6.31. The highest BCUT2D eigenvalue weighted by Crippen LogP contribution is 2.25. The Kier molecular flexibility index (Phi) is 6.12. The second-order valence-corrected chi connectivity index (χ2v) is 5.28. The number of halogens is 1. The first-order valence-electron chi connectivity index (χ1n) is 6.30. The van der Waals surface area contributed by atoms with Crippen LogP contribution < -0.4 is 15.8 Å². The molecule has 0 aromatic heterocycles. The molecule has 1 aromatic carbocycles. The van der Waals surface area contributed by atoms with Crippen molar-refractivity contribution in [3.05, 3.63) is 28.8 Å². The van der Waals surface area contributed by atoms with Crippen LogP contribution in [0.15, 0.2) is 18.2 Å². The molecule has 1 amide bonds. The fourth-order valence-electron chi connectivity index (χ4n) is 1.82. The normalized spacial score (nSPS) is 12.3. The molecule has 1 rings (SSSR count). The zero-order chi connectivity index (χ0) is 14.4. The van der Waals surface area contributed by atoms with E-state index in [9.17, 15) is 4.79 Å². The molecule has 0 aliphatic rings. The van der Waals surface area contributed by atoms with Gasteiger partial charge in [-0.05, 0) is 24.5 Å². The third-order valence-electron chi connectivity index (χ3n) is 2.80. The van der Waals surface area contributed by atoms with Crippen LogP contribution in [0.2, 0.25) is 5.02 Å². The second-order valence-electron chi connectivity index (χ2n) is 4.87. The minimum atomic E-state index is -0.492. The molecule has 0 saturated carbocycles. The lowest BCUT2D eigenvalue weighted by atomic mass is 10.0. The molecule has 0 aliphatic carbocycles. The van der Waals surface area contributed by atoms with E-state index < -0.39 is 6.04 Å². The van der Waals surface area contributed by atoms with E-state index in [4.69, 9.17) is 22.1 Å². The highest BCUT2D eigenvalue weighted by Gasteiger charge is 2.16. The van der Waals surface area contributed by atoms with E-state index in [0.717, 1.165) is 5.56 Å². The van der Waals surface area contributed by atoms with Crippen molar-refractivity contribution >= 4 is 17.5 Å². The van der Waals surface area contributed by atoms with Gasteiger partial charge in [0.25, 0.3) is 0 Å². The molecular weight excluding hydrogens is 264 g/mol. The van der Waals surface area contributed by atoms with Crippen LogP contribution in [0.3, 0.4) is 0 Å². The van der Waals surface area contributed by atoms with Gasteiger partial charge in [-0.1, -0.05) is 31.5 Å². The van der Waals surface area contributed by atoms with Gasteiger partial charge in [-0.2, -0.15) is 0 Å². The summed E-state index contributed by atoms with van der Waals surface area (Å²) in [6.45, 7) is 4.38. The Morgan fingerprint density at radius 3 is 2.74 bits per heavy atom. The van der Waals surface area contributed by atoms with Crippen LogP contribution in [0, 0.1) is 5.92 Å². The number of ether oxygens (including phenoxy) is 1. The molecule has 3 N–H and O–H groups in total. The van der Waals surface area contributed by atoms with Gasteiger partial charge in [0, 0.05) is 17.1 Å². The topological polar surface area (TPSA) is 64.3 Å². The average molecular weight is 285 g/mol. The highest BCUT2D eigenvalue weighted by atomic mass is 35.5. The van der Waals surface area contributed by atoms with Gasteiger partial charge in [-0.25, -0.2) is 0 Å². The third kappa shape index (κ3) is 4.73. The minimum absolute atomic E-state index is 0.171. The third-order valence-corrected chi connectivity index (χ3v) is 3.15. The van der Waals surface area contributed by atoms with Crippen LogP contribution in [0.4, 0.5) is 0 Å². The number of methoxy groups -OCH3 is 1. The van der Waals surface area contributed by atoms with E-state index >= 15 is 0 Å². The zero-order valence-electron chi connectivity index (χ0n) is 11.6. The summed E-state index contributed by atoms with van der Waals surface area (Å²) >= 11 is 6.09. The first-order valence-corrected chi connectivity index (χ1v) is 6.68. The van der Waals surface area contributed by atoms with Crippen molar-refractivity contribution in [2.45, 2.75) is 32.9 Å². The molecule has 0 heterocycles. The van der Waals surface area contributed by atoms with E-state index in [1.165, 1.54) is 0 Å². The van der Waals surface area contributed by atoms with Crippen molar-refractivity contribution < 1.29 is 9.53 Å². The second kappa shape index (κ2) is 7.36. The smallest absolute Gasteiger partial charge is 0.237 e. The predicted molar refractivity (Wildman–Crippen MR) is 77.3 cm³/mol. The van der Waals surface area contributed by atoms with E-state index in [-0.39, 0.29) is 5.91 Å². The molecule has 0 saturated heterocycles. The lowest BCUT2D eigenvalue weighted by molar-refractivity contribution is -0.122. The largest absolute Gasteiger partial charge is 0.496 e. The van der Waals surface area contributed by atoms with Gasteiger partial charge in [-0.3, -0.25) is 4.79 Å². The zero-order valence-corrected chi connectivity index (χ0v) is 12.3. The molecule has 0 fully saturated rings. The molecule has 4 nitrogen and oxygen atoms in total. The summed E-state index contributed by atoms with van der Waals surface area (Å²) in [6, 6.07) is 4.88. The molecule has 0 radical (unpaired) electrons. The van der Waals surface area contributed by atoms with Crippen molar-refractivity contribution in [3.8, 4) is 5.75 Å². The molecule has 0 bridgehead atoms. The fraction of sp³-hybridized carbons (Fsp3) is 0.500. The molecule has 1 atom stereocenters. The maximum atomic E-state index is 11.8. The van der Waals surface area contributed by atoms with Crippen molar-refractivity contribution in [2.24, 2.45) is 11.7 Å². The number of benzene rings is 1. The molecule has 0 aliphatic heterocycles. The Labute approximate surface area is 119 Å². The van der Waals surface area contributed by atoms with E-state index in [1.807, 2.05) is 13.8 Å². The monoisotopic (exact) mass is 284 g/mol. The van der Waals surface area contributed by atoms with Gasteiger partial charge in [0.15, 0.2) is 0 Å². The van der Waals surface area contributed by atoms with Crippen molar-refractivity contribution in [1.82, 2.24) is 5.32 Å². The summed E-state index contributed by atoms with van der Waals surface area (Å²) in [5.74, 6) is 0.872. The van der Waals surface area contributed by atoms with Crippen LogP contribution in [-0.2, 0) is 11.3 Å². The number of nitrogens with one attached hydrogen (secondary N) is 1. The molecule has 0 spiro atoms. The number of carbonyl (C=O) groups is 1. The molecular formula is C14H21ClN2O2. The molecule has 106 valence electrons. The number of rotatable bonds is 6. The molecule has 5 heteroatoms. The Balaban J connectivity index is 2.64. The number of amides is 1. The van der Waals surface area contributed by atoms with Gasteiger partial charge < -0.3 is 15.8 Å². The first-order chi connectivity index (χ1) is 8.95. The van der Waals surface area contributed by atoms with Crippen LogP contribution >= 0.6 is 11.6 Å². The van der Waals surface area contributed by atoms with Gasteiger partial charge in [0.05, 0.1) is 13.2 Å². The van der Waals surface area contributed by atoms with Gasteiger partial charge in [0.2, 0.25) is 5.91 Å². The van der Waals surface area contributed by atoms with Crippen LogP contribution in [-0.4, -0.2) is 19.1 Å². The lowest BCUT2D eigenvalue weighted by Crippen LogP contribution is -2.41. The van der Waals surface area contributed by atoms with Gasteiger partial charge in [-0.15, -0.1) is 0 Å². The Morgan fingerprint density at radius 1 is 1.47 bits per heavy atom. The van der Waals surface area contributed by atoms with E-state index in [0.29, 0.717) is 29.7 Å². The summed E-state index contributed by atoms with van der Waals surface area (Å²) < 4.78 is 5.22. The molecule has 0 unspecified atom stereocenters. The first kappa shape index (κ1) is 15.8. The Morgan fingerprint density at radius 2 is 2.16 bits per heavy atom. The van der Waals surface area contributed by atoms with E-state index in [2.05, 4.69) is 5.32 Å². The molecule has 19 heavy (non-hydrogen) atoms. The minimum Gasteiger partial charge on any atom is -0.496 e. The SMILES string of the molecule is COc1cccc(Cl)c1CNC(=O)[C@H](N)CC(C)C. The van der Waals surface area contributed by atoms with Crippen molar-refractivity contribution in [2.75, 3.05) is 7.11 Å². The predicted octanol–water partition coefficient (Wildman–Crippen LogP) is 2.34. The van der Waals surface area contributed by atoms with E-state index in [1.54, 1.807) is 25.3 Å². The Hall–Kier alpha value is -1.26. The number of hydrogen-bond donors (Lipinski definition) is 2. The fourth-order valence-corrected chi connectivity index (χ4v) is 2.06. The number of nitrogens with two attached hydrogens (primary N) is 1. The Bertz CT molecular complexity index is 435. The van der Waals surface area contributed by atoms with Crippen LogP contribution in [0.5, 0.6) is 5.75 Å². The lowest BCUT2D eigenvalue weighted by Gasteiger charge is -2.15. The molecule has 1 aromatic rings. The van der Waals surface area contributed by atoms with Crippen LogP contribution in [0.1, 0.15) is 25.8 Å². The summed E-state index contributed by atoms with van der Waals surface area (Å²) in [5, 5.41) is 3.36. The summed E-state index contributed by atoms with van der Waals surface area (Å²) in [5.41, 5.74) is 6.58.